The van der Waals surface area contributed by atoms with Crippen molar-refractivity contribution in [3.63, 3.8) is 0 Å². The molecule has 618 valence electrons. The molecule has 0 aliphatic carbocycles. The van der Waals surface area contributed by atoms with Crippen molar-refractivity contribution in [1.29, 1.82) is 0 Å². The molecule has 0 atom stereocenters. The minimum absolute atomic E-state index is 0.773. The van der Waals surface area contributed by atoms with E-state index in [1.54, 1.807) is 0 Å². The molecule has 0 saturated heterocycles. The van der Waals surface area contributed by atoms with E-state index in [0.717, 1.165) is 266 Å². The number of benzene rings is 18. The summed E-state index contributed by atoms with van der Waals surface area (Å²) in [5.41, 5.74) is 29.6. The minimum Gasteiger partial charge on any atom is -0.456 e. The first-order valence-corrected chi connectivity index (χ1v) is 43.5. The monoisotopic (exact) mass is 1670 g/mol. The zero-order valence-corrected chi connectivity index (χ0v) is 71.0. The maximum atomic E-state index is 6.57. The van der Waals surface area contributed by atoms with Crippen LogP contribution in [0.25, 0.3) is 232 Å². The molecule has 18 aromatic carbocycles. The van der Waals surface area contributed by atoms with E-state index in [1.807, 2.05) is 175 Å². The minimum atomic E-state index is -0.866. The van der Waals surface area contributed by atoms with Gasteiger partial charge in [-0.25, -0.2) is 0 Å². The molecule has 129 heavy (non-hydrogen) atoms. The van der Waals surface area contributed by atoms with Crippen molar-refractivity contribution in [2.75, 3.05) is 0 Å². The van der Waals surface area contributed by atoms with Gasteiger partial charge < -0.3 is 54.9 Å². The number of hydrogen-bond donors (Lipinski definition) is 0. The van der Waals surface area contributed by atoms with Gasteiger partial charge in [-0.15, -0.1) is 0 Å². The first-order chi connectivity index (χ1) is 63.0. The zero-order chi connectivity index (χ0) is 86.1. The molecular formula is C117H78O12. The van der Waals surface area contributed by atoms with Crippen molar-refractivity contribution in [2.45, 2.75) is 58.9 Å². The Kier molecular flexibility index (Phi) is 16.8. The van der Waals surface area contributed by atoms with E-state index in [9.17, 15) is 0 Å². The average molecular weight is 1680 g/mol. The predicted molar refractivity (Wildman–Crippen MR) is 518 cm³/mol. The smallest absolute Gasteiger partial charge is 0.245 e. The van der Waals surface area contributed by atoms with Crippen LogP contribution in [0.1, 0.15) is 41.5 Å². The first kappa shape index (κ1) is 75.1. The number of ether oxygens (including phenoxy) is 6. The number of fused-ring (bicyclic) bond motifs is 27. The van der Waals surface area contributed by atoms with Gasteiger partial charge >= 0.3 is 0 Å². The van der Waals surface area contributed by atoms with E-state index in [2.05, 4.69) is 231 Å². The van der Waals surface area contributed by atoms with Crippen LogP contribution in [-0.4, -0.2) is 17.4 Å². The van der Waals surface area contributed by atoms with E-state index >= 15 is 0 Å². The molecule has 6 aromatic heterocycles. The molecule has 0 spiro atoms. The Balaban J connectivity index is 0.000000105. The fraction of sp³-hybridized carbons (Fsp3) is 0.0769. The third-order valence-electron chi connectivity index (χ3n) is 25.2. The molecule has 3 aliphatic heterocycles. The third-order valence-corrected chi connectivity index (χ3v) is 25.2. The van der Waals surface area contributed by atoms with Gasteiger partial charge in [-0.05, 0) is 224 Å². The van der Waals surface area contributed by atoms with Gasteiger partial charge in [0, 0.05) is 140 Å². The van der Waals surface area contributed by atoms with Gasteiger partial charge in [-0.3, -0.25) is 0 Å². The Labute approximate surface area is 739 Å². The Morgan fingerprint density at radius 2 is 0.380 bits per heavy atom. The van der Waals surface area contributed by atoms with Crippen LogP contribution >= 0.6 is 0 Å². The number of para-hydroxylation sites is 6. The SMILES string of the molecule is CC1(C)Oc2cc(-c3cccc4oc5ccccc5c34)ccc2-c2cc(-c3ccc4c(c3)oc3ccccc34)ccc2O1.CC1(C)Oc2cc(-c3cccc4oc5ccccc5c34)ccc2-c2cc(-c3ccc4oc5ccccc5c4c3)ccc2O1.CC1(C)Oc2cc(-c3cccc4oc5ccccc5c34)ccc2-c2cc(-c3cccc4oc5ccccc5c34)ccc2O1. The molecule has 0 radical (unpaired) electrons. The summed E-state index contributed by atoms with van der Waals surface area (Å²) in [7, 11) is 0. The van der Waals surface area contributed by atoms with Crippen LogP contribution in [0, 0.1) is 0 Å². The molecule has 0 fully saturated rings. The standard InChI is InChI=1S/3C39H26O4/c1-39(2)42-33-20-18-23(25-11-7-15-34-37(25)28-9-3-5-13-31(28)40-34)21-30(33)27-19-17-24(22-36(27)43-39)26-12-8-16-35-38(26)29-10-4-6-14-32(29)41-35;1-39(2)42-34-19-16-23(24-14-17-28-27-8-3-5-11-32(27)41-36(28)21-24)20-31(34)29-18-15-25(22-37(29)43-39)26-10-7-13-35-38(26)30-9-4-6-12-33(30)40-35;1-39(2)42-35-19-16-24(23-15-18-34-30(20-23)27-8-3-5-11-32(27)40-34)21-31(35)28-17-14-25(22-37(28)43-39)26-10-7-13-36-38(26)29-9-4-6-12-33(29)41-36/h3*3-22H,1-2H3. The van der Waals surface area contributed by atoms with E-state index in [-0.39, 0.29) is 0 Å². The average Bonchev–Trinajstić information content (AvgIpc) is 1.57. The van der Waals surface area contributed by atoms with Gasteiger partial charge in [0.05, 0.1) is 0 Å². The number of rotatable bonds is 6. The lowest BCUT2D eigenvalue weighted by Gasteiger charge is -2.26. The van der Waals surface area contributed by atoms with Crippen molar-refractivity contribution in [1.82, 2.24) is 0 Å². The highest BCUT2D eigenvalue weighted by molar-refractivity contribution is 6.17. The second-order valence-electron chi connectivity index (χ2n) is 34.8. The summed E-state index contributed by atoms with van der Waals surface area (Å²) in [4.78, 5) is 0. The van der Waals surface area contributed by atoms with Crippen LogP contribution in [0.4, 0.5) is 0 Å². The van der Waals surface area contributed by atoms with Crippen molar-refractivity contribution in [3.8, 4) is 135 Å². The summed E-state index contributed by atoms with van der Waals surface area (Å²) in [5.74, 6) is 2.10. The van der Waals surface area contributed by atoms with Crippen LogP contribution in [0.15, 0.2) is 390 Å². The largest absolute Gasteiger partial charge is 0.456 e. The van der Waals surface area contributed by atoms with Gasteiger partial charge in [0.15, 0.2) is 0 Å². The summed E-state index contributed by atoms with van der Waals surface area (Å²) < 4.78 is 76.0. The molecule has 12 heteroatoms. The molecule has 3 aliphatic rings. The summed E-state index contributed by atoms with van der Waals surface area (Å²) in [5, 5.41) is 13.3. The normalized spacial score (nSPS) is 13.9. The number of furan rings is 6. The van der Waals surface area contributed by atoms with Crippen LogP contribution in [-0.2, 0) is 0 Å². The summed E-state index contributed by atoms with van der Waals surface area (Å²) >= 11 is 0. The van der Waals surface area contributed by atoms with Gasteiger partial charge in [-0.1, -0.05) is 206 Å². The zero-order valence-electron chi connectivity index (χ0n) is 71.0. The number of hydrogen-bond acceptors (Lipinski definition) is 12. The van der Waals surface area contributed by atoms with E-state index < -0.39 is 17.4 Å². The van der Waals surface area contributed by atoms with E-state index in [4.69, 9.17) is 54.9 Å². The van der Waals surface area contributed by atoms with Gasteiger partial charge in [0.1, 0.15) is 101 Å². The summed E-state index contributed by atoms with van der Waals surface area (Å²) in [6, 6.07) is 125. The molecule has 24 aromatic rings. The van der Waals surface area contributed by atoms with Gasteiger partial charge in [0.25, 0.3) is 0 Å². The van der Waals surface area contributed by atoms with E-state index in [1.165, 1.54) is 0 Å². The van der Waals surface area contributed by atoms with Crippen LogP contribution in [0.2, 0.25) is 0 Å². The Bertz CT molecular complexity index is 8760. The molecule has 0 bridgehead atoms. The maximum Gasteiger partial charge on any atom is 0.245 e. The van der Waals surface area contributed by atoms with Gasteiger partial charge in [0.2, 0.25) is 17.4 Å². The van der Waals surface area contributed by atoms with Crippen molar-refractivity contribution < 1.29 is 54.9 Å². The highest BCUT2D eigenvalue weighted by atomic mass is 16.7. The van der Waals surface area contributed by atoms with Crippen molar-refractivity contribution in [2.24, 2.45) is 0 Å². The lowest BCUT2D eigenvalue weighted by molar-refractivity contribution is -0.0784. The lowest BCUT2D eigenvalue weighted by atomic mass is 9.93. The second kappa shape index (κ2) is 28.8. The van der Waals surface area contributed by atoms with Crippen LogP contribution in [0.3, 0.4) is 0 Å². The predicted octanol–water partition coefficient (Wildman–Crippen LogP) is 33.0. The Hall–Kier alpha value is -16.4. The Morgan fingerprint density at radius 1 is 0.140 bits per heavy atom. The fourth-order valence-electron chi connectivity index (χ4n) is 19.5. The first-order valence-electron chi connectivity index (χ1n) is 43.5. The third kappa shape index (κ3) is 12.8. The fourth-order valence-corrected chi connectivity index (χ4v) is 19.5. The molecule has 27 rings (SSSR count). The maximum absolute atomic E-state index is 6.57. The molecule has 0 amide bonds. The Morgan fingerprint density at radius 3 is 0.760 bits per heavy atom. The lowest BCUT2D eigenvalue weighted by Crippen LogP contribution is -2.34. The molecule has 9 heterocycles. The van der Waals surface area contributed by atoms with Crippen molar-refractivity contribution >= 4 is 132 Å². The molecule has 0 N–H and O–H groups in total. The van der Waals surface area contributed by atoms with Crippen LogP contribution < -0.4 is 28.4 Å². The molecular weight excluding hydrogens is 1600 g/mol. The summed E-state index contributed by atoms with van der Waals surface area (Å²) in [6.45, 7) is 11.7. The molecule has 0 saturated carbocycles. The highest BCUT2D eigenvalue weighted by Gasteiger charge is 2.35. The van der Waals surface area contributed by atoms with E-state index in [0.29, 0.717) is 0 Å². The van der Waals surface area contributed by atoms with Crippen molar-refractivity contribution in [3.05, 3.63) is 364 Å². The topological polar surface area (TPSA) is 134 Å². The van der Waals surface area contributed by atoms with Crippen LogP contribution in [0.5, 0.6) is 34.5 Å². The quantitative estimate of drug-likeness (QED) is 0.157. The highest BCUT2D eigenvalue weighted by Crippen LogP contribution is 2.53. The molecule has 12 nitrogen and oxygen atoms in total. The second-order valence-corrected chi connectivity index (χ2v) is 34.8. The summed E-state index contributed by atoms with van der Waals surface area (Å²) in [6.07, 6.45) is 0. The molecule has 0 unspecified atom stereocenters. The van der Waals surface area contributed by atoms with Gasteiger partial charge in [-0.2, -0.15) is 0 Å².